The highest BCUT2D eigenvalue weighted by Gasteiger charge is 2.14. The minimum absolute atomic E-state index is 0.00820. The molecular formula is C19H23NO3. The Morgan fingerprint density at radius 1 is 1.13 bits per heavy atom. The Morgan fingerprint density at radius 3 is 2.57 bits per heavy atom. The van der Waals surface area contributed by atoms with Gasteiger partial charge in [0.25, 0.3) is 0 Å². The van der Waals surface area contributed by atoms with E-state index in [0.717, 1.165) is 12.0 Å². The Bertz CT molecular complexity index is 682. The highest BCUT2D eigenvalue weighted by atomic mass is 16.3. The SMILES string of the molecule is Cc1ccccc1CCNC(=O)C(C)Cc1ccc(O)c(O)c1. The third-order valence-electron chi connectivity index (χ3n) is 3.98. The molecule has 0 saturated heterocycles. The quantitative estimate of drug-likeness (QED) is 0.718. The van der Waals surface area contributed by atoms with Gasteiger partial charge in [-0.05, 0) is 48.6 Å². The number of hydrogen-bond acceptors (Lipinski definition) is 3. The van der Waals surface area contributed by atoms with Gasteiger partial charge >= 0.3 is 0 Å². The van der Waals surface area contributed by atoms with Crippen molar-refractivity contribution in [2.75, 3.05) is 6.54 Å². The van der Waals surface area contributed by atoms with Crippen LogP contribution in [-0.4, -0.2) is 22.7 Å². The third kappa shape index (κ3) is 4.74. The molecule has 0 spiro atoms. The predicted octanol–water partition coefficient (Wildman–Crippen LogP) is 2.94. The average molecular weight is 313 g/mol. The molecule has 0 saturated carbocycles. The Labute approximate surface area is 136 Å². The van der Waals surface area contributed by atoms with Crippen LogP contribution in [0.5, 0.6) is 11.5 Å². The summed E-state index contributed by atoms with van der Waals surface area (Å²) in [5.41, 5.74) is 3.29. The molecule has 1 amide bonds. The predicted molar refractivity (Wildman–Crippen MR) is 90.5 cm³/mol. The Hall–Kier alpha value is -2.49. The van der Waals surface area contributed by atoms with Gasteiger partial charge < -0.3 is 15.5 Å². The summed E-state index contributed by atoms with van der Waals surface area (Å²) in [6.07, 6.45) is 1.33. The van der Waals surface area contributed by atoms with Crippen LogP contribution < -0.4 is 5.32 Å². The van der Waals surface area contributed by atoms with Gasteiger partial charge in [-0.25, -0.2) is 0 Å². The largest absolute Gasteiger partial charge is 0.504 e. The number of nitrogens with one attached hydrogen (secondary N) is 1. The first-order chi connectivity index (χ1) is 11.0. The van der Waals surface area contributed by atoms with E-state index >= 15 is 0 Å². The molecule has 0 fully saturated rings. The summed E-state index contributed by atoms with van der Waals surface area (Å²) in [6.45, 7) is 4.53. The van der Waals surface area contributed by atoms with Gasteiger partial charge in [0, 0.05) is 12.5 Å². The van der Waals surface area contributed by atoms with E-state index in [2.05, 4.69) is 24.4 Å². The molecule has 1 unspecified atom stereocenters. The molecule has 0 aliphatic rings. The molecule has 0 radical (unpaired) electrons. The summed E-state index contributed by atoms with van der Waals surface area (Å²) in [6, 6.07) is 12.8. The van der Waals surface area contributed by atoms with Crippen LogP contribution in [0.25, 0.3) is 0 Å². The lowest BCUT2D eigenvalue weighted by Crippen LogP contribution is -2.32. The van der Waals surface area contributed by atoms with Crippen LogP contribution in [0, 0.1) is 12.8 Å². The van der Waals surface area contributed by atoms with Crippen molar-refractivity contribution in [3.8, 4) is 11.5 Å². The number of phenols is 2. The van der Waals surface area contributed by atoms with Gasteiger partial charge in [-0.2, -0.15) is 0 Å². The maximum atomic E-state index is 12.2. The van der Waals surface area contributed by atoms with Crippen molar-refractivity contribution in [2.45, 2.75) is 26.7 Å². The van der Waals surface area contributed by atoms with Gasteiger partial charge in [-0.1, -0.05) is 37.3 Å². The molecule has 122 valence electrons. The lowest BCUT2D eigenvalue weighted by atomic mass is 9.99. The molecule has 0 bridgehead atoms. The van der Waals surface area contributed by atoms with Gasteiger partial charge in [-0.15, -0.1) is 0 Å². The molecule has 3 N–H and O–H groups in total. The molecule has 4 nitrogen and oxygen atoms in total. The second-order valence-corrected chi connectivity index (χ2v) is 5.90. The molecule has 2 aromatic carbocycles. The van der Waals surface area contributed by atoms with Gasteiger partial charge in [0.05, 0.1) is 0 Å². The number of amides is 1. The summed E-state index contributed by atoms with van der Waals surface area (Å²) in [5, 5.41) is 21.8. The standard InChI is InChI=1S/C19H23NO3/c1-13-5-3-4-6-16(13)9-10-20-19(23)14(2)11-15-7-8-17(21)18(22)12-15/h3-8,12,14,21-22H,9-11H2,1-2H3,(H,20,23). The number of benzene rings is 2. The zero-order valence-corrected chi connectivity index (χ0v) is 13.5. The summed E-state index contributed by atoms with van der Waals surface area (Å²) < 4.78 is 0. The van der Waals surface area contributed by atoms with Gasteiger partial charge in [0.2, 0.25) is 5.91 Å². The van der Waals surface area contributed by atoms with Crippen molar-refractivity contribution in [1.29, 1.82) is 0 Å². The van der Waals surface area contributed by atoms with Crippen molar-refractivity contribution in [2.24, 2.45) is 5.92 Å². The van der Waals surface area contributed by atoms with Crippen LogP contribution in [0.1, 0.15) is 23.6 Å². The monoisotopic (exact) mass is 313 g/mol. The molecule has 0 aliphatic carbocycles. The fourth-order valence-electron chi connectivity index (χ4n) is 2.53. The molecule has 2 aromatic rings. The van der Waals surface area contributed by atoms with E-state index in [-0.39, 0.29) is 23.3 Å². The lowest BCUT2D eigenvalue weighted by molar-refractivity contribution is -0.124. The second kappa shape index (κ2) is 7.68. The first-order valence-corrected chi connectivity index (χ1v) is 7.80. The van der Waals surface area contributed by atoms with E-state index in [1.54, 1.807) is 6.07 Å². The van der Waals surface area contributed by atoms with Gasteiger partial charge in [0.15, 0.2) is 11.5 Å². The van der Waals surface area contributed by atoms with E-state index in [0.29, 0.717) is 13.0 Å². The fraction of sp³-hybridized carbons (Fsp3) is 0.316. The lowest BCUT2D eigenvalue weighted by Gasteiger charge is -2.13. The van der Waals surface area contributed by atoms with Crippen LogP contribution >= 0.6 is 0 Å². The summed E-state index contributed by atoms with van der Waals surface area (Å²) in [7, 11) is 0. The second-order valence-electron chi connectivity index (χ2n) is 5.90. The summed E-state index contributed by atoms with van der Waals surface area (Å²) in [5.74, 6) is -0.513. The van der Waals surface area contributed by atoms with E-state index in [9.17, 15) is 15.0 Å². The fourth-order valence-corrected chi connectivity index (χ4v) is 2.53. The molecule has 0 aromatic heterocycles. The first-order valence-electron chi connectivity index (χ1n) is 7.80. The Balaban J connectivity index is 1.83. The van der Waals surface area contributed by atoms with Crippen LogP contribution in [0.2, 0.25) is 0 Å². The molecular weight excluding hydrogens is 290 g/mol. The number of carbonyl (C=O) groups excluding carboxylic acids is 1. The van der Waals surface area contributed by atoms with Gasteiger partial charge in [0.1, 0.15) is 0 Å². The topological polar surface area (TPSA) is 69.6 Å². The van der Waals surface area contributed by atoms with E-state index in [1.165, 1.54) is 23.3 Å². The number of carbonyl (C=O) groups is 1. The number of aromatic hydroxyl groups is 2. The number of phenolic OH excluding ortho intramolecular Hbond substituents is 2. The highest BCUT2D eigenvalue weighted by Crippen LogP contribution is 2.26. The van der Waals surface area contributed by atoms with Crippen LogP contribution in [0.3, 0.4) is 0 Å². The number of aryl methyl sites for hydroxylation is 1. The van der Waals surface area contributed by atoms with Crippen molar-refractivity contribution in [3.05, 3.63) is 59.2 Å². The van der Waals surface area contributed by atoms with E-state index in [4.69, 9.17) is 0 Å². The molecule has 4 heteroatoms. The first kappa shape index (κ1) is 16.9. The smallest absolute Gasteiger partial charge is 0.223 e. The molecule has 2 rings (SSSR count). The van der Waals surface area contributed by atoms with Crippen molar-refractivity contribution < 1.29 is 15.0 Å². The zero-order chi connectivity index (χ0) is 16.8. The number of rotatable bonds is 6. The van der Waals surface area contributed by atoms with Crippen molar-refractivity contribution in [1.82, 2.24) is 5.32 Å². The summed E-state index contributed by atoms with van der Waals surface area (Å²) in [4.78, 5) is 12.2. The number of hydrogen-bond donors (Lipinski definition) is 3. The minimum Gasteiger partial charge on any atom is -0.504 e. The maximum Gasteiger partial charge on any atom is 0.223 e. The Morgan fingerprint density at radius 2 is 1.87 bits per heavy atom. The van der Waals surface area contributed by atoms with Crippen LogP contribution in [0.4, 0.5) is 0 Å². The van der Waals surface area contributed by atoms with E-state index in [1.807, 2.05) is 19.1 Å². The third-order valence-corrected chi connectivity index (χ3v) is 3.98. The van der Waals surface area contributed by atoms with Crippen LogP contribution in [0.15, 0.2) is 42.5 Å². The highest BCUT2D eigenvalue weighted by molar-refractivity contribution is 5.78. The van der Waals surface area contributed by atoms with E-state index < -0.39 is 0 Å². The van der Waals surface area contributed by atoms with Crippen LogP contribution in [-0.2, 0) is 17.6 Å². The minimum atomic E-state index is -0.198. The molecule has 23 heavy (non-hydrogen) atoms. The molecule has 0 heterocycles. The zero-order valence-electron chi connectivity index (χ0n) is 13.5. The van der Waals surface area contributed by atoms with Crippen molar-refractivity contribution >= 4 is 5.91 Å². The Kier molecular flexibility index (Phi) is 5.63. The average Bonchev–Trinajstić information content (AvgIpc) is 2.52. The van der Waals surface area contributed by atoms with Gasteiger partial charge in [-0.3, -0.25) is 4.79 Å². The normalized spacial score (nSPS) is 11.9. The van der Waals surface area contributed by atoms with Crippen molar-refractivity contribution in [3.63, 3.8) is 0 Å². The summed E-state index contributed by atoms with van der Waals surface area (Å²) >= 11 is 0. The molecule has 0 aliphatic heterocycles. The maximum absolute atomic E-state index is 12.2. The molecule has 1 atom stereocenters.